The van der Waals surface area contributed by atoms with E-state index in [1.165, 1.54) is 12.3 Å². The van der Waals surface area contributed by atoms with Gasteiger partial charge in [0.1, 0.15) is 4.88 Å². The van der Waals surface area contributed by atoms with Gasteiger partial charge >= 0.3 is 11.9 Å². The SMILES string of the molecule is CCOC(=O)c1sc(NC(=O)[C@H](CC)OC(=O)c2ccco2)nc1C. The Balaban J connectivity index is 2.03. The number of aryl methyl sites for hydroxylation is 1. The van der Waals surface area contributed by atoms with E-state index >= 15 is 0 Å². The molecule has 1 N–H and O–H groups in total. The Morgan fingerprint density at radius 2 is 2.08 bits per heavy atom. The fourth-order valence-electron chi connectivity index (χ4n) is 1.93. The van der Waals surface area contributed by atoms with Gasteiger partial charge < -0.3 is 13.9 Å². The summed E-state index contributed by atoms with van der Waals surface area (Å²) >= 11 is 1.00. The number of furan rings is 1. The summed E-state index contributed by atoms with van der Waals surface area (Å²) in [4.78, 5) is 40.4. The summed E-state index contributed by atoms with van der Waals surface area (Å²) in [5.74, 6) is -1.74. The number of amides is 1. The Morgan fingerprint density at radius 3 is 2.68 bits per heavy atom. The third kappa shape index (κ3) is 4.66. The van der Waals surface area contributed by atoms with Crippen molar-refractivity contribution in [3.05, 3.63) is 34.7 Å². The molecule has 0 aliphatic heterocycles. The molecule has 0 spiro atoms. The molecule has 0 fully saturated rings. The number of ether oxygens (including phenoxy) is 2. The van der Waals surface area contributed by atoms with Crippen LogP contribution in [0.2, 0.25) is 0 Å². The second kappa shape index (κ2) is 8.43. The fraction of sp³-hybridized carbons (Fsp3) is 0.375. The van der Waals surface area contributed by atoms with E-state index in [9.17, 15) is 14.4 Å². The Kier molecular flexibility index (Phi) is 6.29. The predicted molar refractivity (Wildman–Crippen MR) is 89.6 cm³/mol. The van der Waals surface area contributed by atoms with Gasteiger partial charge in [-0.2, -0.15) is 0 Å². The number of carbonyl (C=O) groups is 3. The zero-order chi connectivity index (χ0) is 18.4. The maximum atomic E-state index is 12.3. The van der Waals surface area contributed by atoms with E-state index in [-0.39, 0.29) is 23.9 Å². The lowest BCUT2D eigenvalue weighted by molar-refractivity contribution is -0.124. The number of hydrogen-bond donors (Lipinski definition) is 1. The maximum Gasteiger partial charge on any atom is 0.374 e. The predicted octanol–water partition coefficient (Wildman–Crippen LogP) is 2.80. The number of aromatic nitrogens is 1. The molecule has 2 aromatic rings. The Labute approximate surface area is 148 Å². The number of anilines is 1. The van der Waals surface area contributed by atoms with Crippen LogP contribution in [-0.4, -0.2) is 35.5 Å². The van der Waals surface area contributed by atoms with Crippen molar-refractivity contribution in [2.24, 2.45) is 0 Å². The summed E-state index contributed by atoms with van der Waals surface area (Å²) < 4.78 is 15.0. The highest BCUT2D eigenvalue weighted by Gasteiger charge is 2.25. The monoisotopic (exact) mass is 366 g/mol. The van der Waals surface area contributed by atoms with Crippen molar-refractivity contribution >= 4 is 34.3 Å². The third-order valence-corrected chi connectivity index (χ3v) is 4.18. The number of carbonyl (C=O) groups excluding carboxylic acids is 3. The molecule has 0 aliphatic carbocycles. The van der Waals surface area contributed by atoms with Gasteiger partial charge in [0.05, 0.1) is 18.6 Å². The summed E-state index contributed by atoms with van der Waals surface area (Å²) in [6.07, 6.45) is 0.605. The van der Waals surface area contributed by atoms with Gasteiger partial charge in [-0.25, -0.2) is 14.6 Å². The van der Waals surface area contributed by atoms with Gasteiger partial charge in [0, 0.05) is 0 Å². The van der Waals surface area contributed by atoms with Crippen molar-refractivity contribution in [1.29, 1.82) is 0 Å². The highest BCUT2D eigenvalue weighted by molar-refractivity contribution is 7.17. The number of nitrogens with one attached hydrogen (secondary N) is 1. The van der Waals surface area contributed by atoms with Crippen molar-refractivity contribution < 1.29 is 28.3 Å². The first-order valence-electron chi connectivity index (χ1n) is 7.66. The highest BCUT2D eigenvalue weighted by atomic mass is 32.1. The molecule has 0 aromatic carbocycles. The van der Waals surface area contributed by atoms with Crippen LogP contribution in [-0.2, 0) is 14.3 Å². The first kappa shape index (κ1) is 18.7. The summed E-state index contributed by atoms with van der Waals surface area (Å²) in [7, 11) is 0. The highest BCUT2D eigenvalue weighted by Crippen LogP contribution is 2.24. The van der Waals surface area contributed by atoms with Crippen molar-refractivity contribution in [2.45, 2.75) is 33.3 Å². The molecule has 0 saturated heterocycles. The van der Waals surface area contributed by atoms with Crippen LogP contribution in [0.25, 0.3) is 0 Å². The summed E-state index contributed by atoms with van der Waals surface area (Å²) in [6.45, 7) is 5.30. The molecule has 2 aromatic heterocycles. The average molecular weight is 366 g/mol. The van der Waals surface area contributed by atoms with Crippen LogP contribution in [0.4, 0.5) is 5.13 Å². The van der Waals surface area contributed by atoms with Gasteiger partial charge in [0.25, 0.3) is 5.91 Å². The molecule has 2 heterocycles. The first-order valence-corrected chi connectivity index (χ1v) is 8.47. The Hall–Kier alpha value is -2.68. The van der Waals surface area contributed by atoms with Gasteiger partial charge in [-0.05, 0) is 32.4 Å². The molecule has 0 radical (unpaired) electrons. The summed E-state index contributed by atoms with van der Waals surface area (Å²) in [6, 6.07) is 3.00. The van der Waals surface area contributed by atoms with Gasteiger partial charge in [-0.15, -0.1) is 0 Å². The van der Waals surface area contributed by atoms with Crippen molar-refractivity contribution in [3.8, 4) is 0 Å². The fourth-order valence-corrected chi connectivity index (χ4v) is 2.79. The molecule has 9 heteroatoms. The van der Waals surface area contributed by atoms with Gasteiger partial charge in [-0.3, -0.25) is 10.1 Å². The number of nitrogens with zero attached hydrogens (tertiary/aromatic N) is 1. The quantitative estimate of drug-likeness (QED) is 0.751. The molecule has 0 bridgehead atoms. The van der Waals surface area contributed by atoms with Crippen molar-refractivity contribution in [3.63, 3.8) is 0 Å². The van der Waals surface area contributed by atoms with Crippen LogP contribution in [0.1, 0.15) is 46.2 Å². The Bertz CT molecular complexity index is 753. The third-order valence-electron chi connectivity index (χ3n) is 3.12. The van der Waals surface area contributed by atoms with Crippen molar-refractivity contribution in [2.75, 3.05) is 11.9 Å². The Morgan fingerprint density at radius 1 is 1.32 bits per heavy atom. The van der Waals surface area contributed by atoms with E-state index in [2.05, 4.69) is 10.3 Å². The van der Waals surface area contributed by atoms with Crippen LogP contribution < -0.4 is 5.32 Å². The molecule has 1 amide bonds. The smallest absolute Gasteiger partial charge is 0.374 e. The minimum Gasteiger partial charge on any atom is -0.462 e. The molecule has 8 nitrogen and oxygen atoms in total. The topological polar surface area (TPSA) is 108 Å². The van der Waals surface area contributed by atoms with E-state index in [0.29, 0.717) is 10.6 Å². The van der Waals surface area contributed by atoms with E-state index in [1.807, 2.05) is 0 Å². The first-order chi connectivity index (χ1) is 12.0. The van der Waals surface area contributed by atoms with E-state index in [1.54, 1.807) is 26.8 Å². The maximum absolute atomic E-state index is 12.3. The van der Waals surface area contributed by atoms with E-state index in [4.69, 9.17) is 13.9 Å². The second-order valence-electron chi connectivity index (χ2n) is 4.92. The molecule has 134 valence electrons. The second-order valence-corrected chi connectivity index (χ2v) is 5.92. The number of esters is 2. The zero-order valence-electron chi connectivity index (χ0n) is 14.0. The average Bonchev–Trinajstić information content (AvgIpc) is 3.22. The lowest BCUT2D eigenvalue weighted by atomic mass is 10.2. The standard InChI is InChI=1S/C16H18N2O6S/c1-4-10(24-14(20)11-7-6-8-23-11)13(19)18-16-17-9(3)12(25-16)15(21)22-5-2/h6-8,10H,4-5H2,1-3H3,(H,17,18,19)/t10-/m0/s1. The minimum absolute atomic E-state index is 0.0148. The molecule has 1 atom stereocenters. The molecule has 0 saturated carbocycles. The molecule has 0 aliphatic rings. The summed E-state index contributed by atoms with van der Waals surface area (Å²) in [5, 5.41) is 2.79. The van der Waals surface area contributed by atoms with Crippen LogP contribution in [0, 0.1) is 6.92 Å². The zero-order valence-corrected chi connectivity index (χ0v) is 14.8. The molecule has 25 heavy (non-hydrogen) atoms. The van der Waals surface area contributed by atoms with Gasteiger partial charge in [0.15, 0.2) is 11.2 Å². The number of thiazole rings is 1. The van der Waals surface area contributed by atoms with Crippen LogP contribution in [0.15, 0.2) is 22.8 Å². The molecular weight excluding hydrogens is 348 g/mol. The van der Waals surface area contributed by atoms with Crippen LogP contribution in [0.5, 0.6) is 0 Å². The molecule has 2 rings (SSSR count). The van der Waals surface area contributed by atoms with Gasteiger partial charge in [0.2, 0.25) is 5.76 Å². The largest absolute Gasteiger partial charge is 0.462 e. The number of hydrogen-bond acceptors (Lipinski definition) is 8. The normalized spacial score (nSPS) is 11.6. The van der Waals surface area contributed by atoms with Crippen molar-refractivity contribution in [1.82, 2.24) is 4.98 Å². The lowest BCUT2D eigenvalue weighted by Crippen LogP contribution is -2.32. The van der Waals surface area contributed by atoms with Gasteiger partial charge in [-0.1, -0.05) is 18.3 Å². The van der Waals surface area contributed by atoms with E-state index < -0.39 is 23.9 Å². The lowest BCUT2D eigenvalue weighted by Gasteiger charge is -2.14. The molecular formula is C16H18N2O6S. The molecule has 0 unspecified atom stereocenters. The number of rotatable bonds is 7. The van der Waals surface area contributed by atoms with Crippen LogP contribution >= 0.6 is 11.3 Å². The van der Waals surface area contributed by atoms with E-state index in [0.717, 1.165) is 11.3 Å². The van der Waals surface area contributed by atoms with Crippen LogP contribution in [0.3, 0.4) is 0 Å². The minimum atomic E-state index is -1.01. The summed E-state index contributed by atoms with van der Waals surface area (Å²) in [5.41, 5.74) is 0.458.